The van der Waals surface area contributed by atoms with E-state index in [-0.39, 0.29) is 30.2 Å². The summed E-state index contributed by atoms with van der Waals surface area (Å²) in [7, 11) is 3.07. The predicted octanol–water partition coefficient (Wildman–Crippen LogP) is 4.05. The van der Waals surface area contributed by atoms with E-state index in [0.29, 0.717) is 48.9 Å². The first kappa shape index (κ1) is 22.6. The van der Waals surface area contributed by atoms with Crippen molar-refractivity contribution >= 4 is 5.78 Å². The minimum absolute atomic E-state index is 0.0255. The van der Waals surface area contributed by atoms with E-state index in [9.17, 15) is 9.18 Å². The molecule has 0 amide bonds. The molecule has 2 aliphatic rings. The number of hydrogen-bond donors (Lipinski definition) is 0. The van der Waals surface area contributed by atoms with E-state index >= 15 is 0 Å². The fourth-order valence-electron chi connectivity index (χ4n) is 4.18. The van der Waals surface area contributed by atoms with Gasteiger partial charge in [0.15, 0.2) is 24.1 Å². The first-order chi connectivity index (χ1) is 14.4. The fraction of sp³-hybridized carbons (Fsp3) is 0.609. The van der Waals surface area contributed by atoms with Gasteiger partial charge in [0.25, 0.3) is 0 Å². The van der Waals surface area contributed by atoms with Crippen LogP contribution in [0.15, 0.2) is 24.0 Å². The van der Waals surface area contributed by atoms with Crippen molar-refractivity contribution in [2.75, 3.05) is 34.2 Å². The summed E-state index contributed by atoms with van der Waals surface area (Å²) >= 11 is 0. The molecule has 1 fully saturated rings. The maximum Gasteiger partial charge on any atom is 0.189 e. The third kappa shape index (κ3) is 4.47. The number of benzene rings is 1. The molecule has 3 atom stereocenters. The Labute approximate surface area is 177 Å². The number of fused-ring (bicyclic) bond motifs is 1. The summed E-state index contributed by atoms with van der Waals surface area (Å²) in [5.74, 6) is 0.609. The lowest BCUT2D eigenvalue weighted by Crippen LogP contribution is -2.46. The Hall–Kier alpha value is -2.12. The van der Waals surface area contributed by atoms with Gasteiger partial charge < -0.3 is 23.7 Å². The third-order valence-electron chi connectivity index (χ3n) is 5.95. The Bertz CT molecular complexity index is 792. The quantitative estimate of drug-likeness (QED) is 0.530. The van der Waals surface area contributed by atoms with Gasteiger partial charge in [0.2, 0.25) is 0 Å². The van der Waals surface area contributed by atoms with Crippen molar-refractivity contribution in [2.45, 2.75) is 45.1 Å². The topological polar surface area (TPSA) is 63.2 Å². The first-order valence-corrected chi connectivity index (χ1v) is 10.5. The summed E-state index contributed by atoms with van der Waals surface area (Å²) < 4.78 is 42.8. The molecule has 1 saturated heterocycles. The molecule has 0 saturated carbocycles. The summed E-state index contributed by atoms with van der Waals surface area (Å²) in [6, 6.07) is 3.07. The van der Waals surface area contributed by atoms with E-state index in [1.54, 1.807) is 13.2 Å². The number of unbranched alkanes of at least 4 members (excludes halogenated alkanes) is 1. The Morgan fingerprint density at radius 1 is 1.30 bits per heavy atom. The molecule has 3 rings (SSSR count). The maximum atomic E-state index is 14.8. The number of halogens is 1. The monoisotopic (exact) mass is 422 g/mol. The summed E-state index contributed by atoms with van der Waals surface area (Å²) in [4.78, 5) is 12.4. The first-order valence-electron chi connectivity index (χ1n) is 10.5. The standard InChI is InChI=1S/C23H31FO6/c1-5-6-7-28-21-9-16(18(24)10-20(21)27-4)8-15(2)23-12-17(13-26-3)19(25)11-22(23)29-14-30-23/h9-11,15,17H,5-8,12-14H2,1-4H3/t15-,17-,23+/m0/s1. The van der Waals surface area contributed by atoms with Crippen molar-refractivity contribution in [3.05, 3.63) is 35.3 Å². The number of ether oxygens (including phenoxy) is 5. The molecule has 166 valence electrons. The van der Waals surface area contributed by atoms with Crippen LogP contribution in [-0.2, 0) is 25.4 Å². The van der Waals surface area contributed by atoms with E-state index < -0.39 is 5.60 Å². The number of methoxy groups -OCH3 is 2. The van der Waals surface area contributed by atoms with Gasteiger partial charge in [0.05, 0.1) is 20.3 Å². The highest BCUT2D eigenvalue weighted by molar-refractivity contribution is 5.93. The van der Waals surface area contributed by atoms with Gasteiger partial charge in [0, 0.05) is 25.2 Å². The number of rotatable bonds is 10. The van der Waals surface area contributed by atoms with E-state index in [2.05, 4.69) is 6.92 Å². The zero-order chi connectivity index (χ0) is 21.7. The maximum absolute atomic E-state index is 14.8. The molecule has 0 bridgehead atoms. The average molecular weight is 422 g/mol. The van der Waals surface area contributed by atoms with Crippen molar-refractivity contribution in [1.29, 1.82) is 0 Å². The molecule has 1 aromatic carbocycles. The highest BCUT2D eigenvalue weighted by Crippen LogP contribution is 2.46. The molecule has 0 radical (unpaired) electrons. The van der Waals surface area contributed by atoms with Gasteiger partial charge in [-0.05, 0) is 36.8 Å². The molecule has 1 heterocycles. The van der Waals surface area contributed by atoms with Crippen LogP contribution in [0.25, 0.3) is 0 Å². The molecule has 0 aromatic heterocycles. The molecule has 1 aromatic rings. The number of ketones is 1. The smallest absolute Gasteiger partial charge is 0.189 e. The molecular weight excluding hydrogens is 391 g/mol. The highest BCUT2D eigenvalue weighted by atomic mass is 19.1. The molecule has 1 aliphatic carbocycles. The second kappa shape index (κ2) is 9.79. The van der Waals surface area contributed by atoms with Crippen LogP contribution in [0.1, 0.15) is 38.7 Å². The van der Waals surface area contributed by atoms with Crippen LogP contribution in [0.4, 0.5) is 4.39 Å². The Balaban J connectivity index is 1.85. The van der Waals surface area contributed by atoms with E-state index in [1.807, 2.05) is 6.92 Å². The summed E-state index contributed by atoms with van der Waals surface area (Å²) in [6.45, 7) is 5.01. The zero-order valence-corrected chi connectivity index (χ0v) is 18.2. The number of allylic oxidation sites excluding steroid dienone is 1. The van der Waals surface area contributed by atoms with Crippen molar-refractivity contribution in [3.63, 3.8) is 0 Å². The molecule has 0 spiro atoms. The number of carbonyl (C=O) groups is 1. The van der Waals surface area contributed by atoms with Gasteiger partial charge in [-0.1, -0.05) is 20.3 Å². The molecular formula is C23H31FO6. The minimum Gasteiger partial charge on any atom is -0.493 e. The van der Waals surface area contributed by atoms with Gasteiger partial charge >= 0.3 is 0 Å². The molecule has 7 heteroatoms. The van der Waals surface area contributed by atoms with Crippen LogP contribution in [0.5, 0.6) is 11.5 Å². The fourth-order valence-corrected chi connectivity index (χ4v) is 4.18. The van der Waals surface area contributed by atoms with E-state index in [4.69, 9.17) is 23.7 Å². The molecule has 0 unspecified atom stereocenters. The van der Waals surface area contributed by atoms with Crippen molar-refractivity contribution < 1.29 is 32.9 Å². The SMILES string of the molecule is CCCCOc1cc(C[C@H](C)[C@]23C[C@@H](COC)C(=O)C=C2OCO3)c(F)cc1OC. The lowest BCUT2D eigenvalue weighted by Gasteiger charge is -2.38. The summed E-state index contributed by atoms with van der Waals surface area (Å²) in [5, 5.41) is 0. The lowest BCUT2D eigenvalue weighted by molar-refractivity contribution is -0.125. The van der Waals surface area contributed by atoms with Crippen LogP contribution >= 0.6 is 0 Å². The van der Waals surface area contributed by atoms with Gasteiger partial charge in [-0.15, -0.1) is 0 Å². The lowest BCUT2D eigenvalue weighted by atomic mass is 9.72. The van der Waals surface area contributed by atoms with Crippen LogP contribution in [0.3, 0.4) is 0 Å². The molecule has 6 nitrogen and oxygen atoms in total. The number of hydrogen-bond acceptors (Lipinski definition) is 6. The molecule has 1 aliphatic heterocycles. The van der Waals surface area contributed by atoms with Gasteiger partial charge in [0.1, 0.15) is 17.2 Å². The van der Waals surface area contributed by atoms with Crippen molar-refractivity contribution in [3.8, 4) is 11.5 Å². The van der Waals surface area contributed by atoms with Crippen LogP contribution in [-0.4, -0.2) is 45.6 Å². The van der Waals surface area contributed by atoms with Gasteiger partial charge in [-0.2, -0.15) is 0 Å². The summed E-state index contributed by atoms with van der Waals surface area (Å²) in [5.41, 5.74) is -0.258. The van der Waals surface area contributed by atoms with Crippen molar-refractivity contribution in [1.82, 2.24) is 0 Å². The van der Waals surface area contributed by atoms with E-state index in [0.717, 1.165) is 12.8 Å². The average Bonchev–Trinajstić information content (AvgIpc) is 3.14. The van der Waals surface area contributed by atoms with Crippen LogP contribution in [0, 0.1) is 17.7 Å². The van der Waals surface area contributed by atoms with Crippen LogP contribution in [0.2, 0.25) is 0 Å². The molecule has 0 N–H and O–H groups in total. The normalized spacial score (nSPS) is 24.1. The largest absolute Gasteiger partial charge is 0.493 e. The Kier molecular flexibility index (Phi) is 7.36. The Morgan fingerprint density at radius 3 is 2.80 bits per heavy atom. The van der Waals surface area contributed by atoms with Gasteiger partial charge in [-0.3, -0.25) is 4.79 Å². The Morgan fingerprint density at radius 2 is 2.10 bits per heavy atom. The van der Waals surface area contributed by atoms with Gasteiger partial charge in [-0.25, -0.2) is 4.39 Å². The highest BCUT2D eigenvalue weighted by Gasteiger charge is 2.52. The second-order valence-corrected chi connectivity index (χ2v) is 7.97. The zero-order valence-electron chi connectivity index (χ0n) is 18.2. The van der Waals surface area contributed by atoms with Crippen LogP contribution < -0.4 is 9.47 Å². The number of carbonyl (C=O) groups excluding carboxylic acids is 1. The molecule has 30 heavy (non-hydrogen) atoms. The summed E-state index contributed by atoms with van der Waals surface area (Å²) in [6.07, 6.45) is 4.27. The second-order valence-electron chi connectivity index (χ2n) is 7.97. The third-order valence-corrected chi connectivity index (χ3v) is 5.95. The predicted molar refractivity (Wildman–Crippen MR) is 109 cm³/mol. The minimum atomic E-state index is -0.771. The van der Waals surface area contributed by atoms with E-state index in [1.165, 1.54) is 19.3 Å². The van der Waals surface area contributed by atoms with Crippen molar-refractivity contribution in [2.24, 2.45) is 11.8 Å².